The number of hydrogen-bond donors (Lipinski definition) is 1. The minimum atomic E-state index is -0.484. The number of hydrogen-bond acceptors (Lipinski definition) is 2. The van der Waals surface area contributed by atoms with Crippen LogP contribution in [-0.2, 0) is 4.74 Å². The molecule has 1 aromatic carbocycles. The quantitative estimate of drug-likeness (QED) is 0.800. The van der Waals surface area contributed by atoms with Crippen LogP contribution in [0.1, 0.15) is 44.2 Å². The zero-order chi connectivity index (χ0) is 15.2. The lowest BCUT2D eigenvalue weighted by molar-refractivity contribution is 0.0602. The van der Waals surface area contributed by atoms with Crippen molar-refractivity contribution in [2.45, 2.75) is 38.6 Å². The summed E-state index contributed by atoms with van der Waals surface area (Å²) in [5.41, 5.74) is 0.165. The summed E-state index contributed by atoms with van der Waals surface area (Å²) < 4.78 is 34.2. The Morgan fingerprint density at radius 1 is 1.29 bits per heavy atom. The van der Waals surface area contributed by atoms with Gasteiger partial charge in [-0.05, 0) is 50.3 Å². The maximum atomic E-state index is 14.2. The van der Waals surface area contributed by atoms with Crippen LogP contribution in [0.2, 0.25) is 0 Å². The molecule has 0 radical (unpaired) electrons. The van der Waals surface area contributed by atoms with E-state index in [1.807, 2.05) is 6.92 Å². The van der Waals surface area contributed by atoms with E-state index in [4.69, 9.17) is 4.74 Å². The number of halogens is 3. The summed E-state index contributed by atoms with van der Waals surface area (Å²) in [6, 6.07) is 2.40. The molecule has 1 aliphatic rings. The van der Waals surface area contributed by atoms with Crippen molar-refractivity contribution in [3.05, 3.63) is 33.8 Å². The van der Waals surface area contributed by atoms with Gasteiger partial charge in [0.05, 0.1) is 0 Å². The summed E-state index contributed by atoms with van der Waals surface area (Å²) in [5, 5.41) is 3.30. The van der Waals surface area contributed by atoms with Crippen molar-refractivity contribution in [2.75, 3.05) is 19.8 Å². The van der Waals surface area contributed by atoms with Crippen LogP contribution in [-0.4, -0.2) is 19.8 Å². The van der Waals surface area contributed by atoms with Crippen LogP contribution in [0.15, 0.2) is 16.6 Å². The van der Waals surface area contributed by atoms with Gasteiger partial charge in [-0.1, -0.05) is 22.9 Å². The Balaban J connectivity index is 2.18. The highest BCUT2D eigenvalue weighted by atomic mass is 79.9. The Bertz CT molecular complexity index is 441. The third kappa shape index (κ3) is 4.73. The Morgan fingerprint density at radius 3 is 2.48 bits per heavy atom. The van der Waals surface area contributed by atoms with Crippen LogP contribution in [0.3, 0.4) is 0 Å². The van der Waals surface area contributed by atoms with Crippen molar-refractivity contribution < 1.29 is 13.5 Å². The second-order valence-electron chi connectivity index (χ2n) is 5.58. The van der Waals surface area contributed by atoms with Crippen molar-refractivity contribution in [2.24, 2.45) is 5.92 Å². The molecule has 1 aliphatic heterocycles. The highest BCUT2D eigenvalue weighted by Crippen LogP contribution is 2.32. The zero-order valence-electron chi connectivity index (χ0n) is 12.3. The van der Waals surface area contributed by atoms with Crippen molar-refractivity contribution >= 4 is 15.9 Å². The molecule has 2 rings (SSSR count). The molecule has 0 aromatic heterocycles. The molecule has 0 amide bonds. The fraction of sp³-hybridized carbons (Fsp3) is 0.625. The van der Waals surface area contributed by atoms with Crippen LogP contribution < -0.4 is 5.32 Å². The summed E-state index contributed by atoms with van der Waals surface area (Å²) in [6.07, 6.45) is 3.61. The first-order valence-electron chi connectivity index (χ1n) is 7.57. The molecule has 21 heavy (non-hydrogen) atoms. The van der Waals surface area contributed by atoms with E-state index in [0.29, 0.717) is 10.4 Å². The second kappa shape index (κ2) is 8.20. The lowest BCUT2D eigenvalue weighted by atomic mass is 9.89. The smallest absolute Gasteiger partial charge is 0.132 e. The van der Waals surface area contributed by atoms with E-state index in [9.17, 15) is 8.78 Å². The maximum absolute atomic E-state index is 14.2. The molecule has 118 valence electrons. The first-order chi connectivity index (χ1) is 10.1. The summed E-state index contributed by atoms with van der Waals surface area (Å²) in [5.74, 6) is -0.513. The number of benzene rings is 1. The lowest BCUT2D eigenvalue weighted by Crippen LogP contribution is -2.28. The highest BCUT2D eigenvalue weighted by molar-refractivity contribution is 9.10. The van der Waals surface area contributed by atoms with Crippen LogP contribution in [0.4, 0.5) is 8.78 Å². The molecule has 1 atom stereocenters. The Kier molecular flexibility index (Phi) is 6.58. The third-order valence-electron chi connectivity index (χ3n) is 3.94. The molecule has 0 spiro atoms. The molecule has 0 bridgehead atoms. The van der Waals surface area contributed by atoms with Crippen LogP contribution in [0.5, 0.6) is 0 Å². The molecule has 1 aromatic rings. The fourth-order valence-corrected chi connectivity index (χ4v) is 3.23. The SMILES string of the molecule is CCCNC(CC1CCOCC1)c1c(F)cc(Br)cc1F. The third-order valence-corrected chi connectivity index (χ3v) is 4.40. The van der Waals surface area contributed by atoms with Crippen molar-refractivity contribution in [1.82, 2.24) is 5.32 Å². The van der Waals surface area contributed by atoms with E-state index in [1.54, 1.807) is 0 Å². The van der Waals surface area contributed by atoms with E-state index in [1.165, 1.54) is 12.1 Å². The van der Waals surface area contributed by atoms with Gasteiger partial charge in [0.1, 0.15) is 11.6 Å². The van der Waals surface area contributed by atoms with Gasteiger partial charge in [0, 0.05) is 29.3 Å². The summed E-state index contributed by atoms with van der Waals surface area (Å²) in [7, 11) is 0. The van der Waals surface area contributed by atoms with Gasteiger partial charge in [-0.2, -0.15) is 0 Å². The predicted octanol–water partition coefficient (Wildman–Crippen LogP) is 4.58. The highest BCUT2D eigenvalue weighted by Gasteiger charge is 2.25. The molecule has 0 saturated carbocycles. The molecular weight excluding hydrogens is 340 g/mol. The van der Waals surface area contributed by atoms with E-state index >= 15 is 0 Å². The van der Waals surface area contributed by atoms with Gasteiger partial charge in [-0.3, -0.25) is 0 Å². The van der Waals surface area contributed by atoms with Crippen LogP contribution >= 0.6 is 15.9 Å². The first-order valence-corrected chi connectivity index (χ1v) is 8.36. The monoisotopic (exact) mass is 361 g/mol. The average Bonchev–Trinajstić information content (AvgIpc) is 2.44. The Hall–Kier alpha value is -0.520. The molecule has 1 heterocycles. The zero-order valence-corrected chi connectivity index (χ0v) is 13.9. The van der Waals surface area contributed by atoms with Crippen molar-refractivity contribution in [1.29, 1.82) is 0 Å². The van der Waals surface area contributed by atoms with E-state index in [-0.39, 0.29) is 11.6 Å². The maximum Gasteiger partial charge on any atom is 0.132 e. The standard InChI is InChI=1S/C16H22BrF2NO/c1-2-5-20-15(8-11-3-6-21-7-4-11)16-13(18)9-12(17)10-14(16)19/h9-11,15,20H,2-8H2,1H3. The second-order valence-corrected chi connectivity index (χ2v) is 6.50. The van der Waals surface area contributed by atoms with Gasteiger partial charge >= 0.3 is 0 Å². The predicted molar refractivity (Wildman–Crippen MR) is 83.3 cm³/mol. The molecule has 2 nitrogen and oxygen atoms in total. The minimum absolute atomic E-state index is 0.165. The van der Waals surface area contributed by atoms with E-state index in [0.717, 1.165) is 45.4 Å². The van der Waals surface area contributed by atoms with Crippen LogP contribution in [0.25, 0.3) is 0 Å². The number of ether oxygens (including phenoxy) is 1. The number of rotatable bonds is 6. The largest absolute Gasteiger partial charge is 0.381 e. The molecule has 1 N–H and O–H groups in total. The molecule has 5 heteroatoms. The van der Waals surface area contributed by atoms with Gasteiger partial charge in [0.2, 0.25) is 0 Å². The Morgan fingerprint density at radius 2 is 1.90 bits per heavy atom. The molecular formula is C16H22BrF2NO. The molecule has 0 aliphatic carbocycles. The average molecular weight is 362 g/mol. The van der Waals surface area contributed by atoms with Gasteiger partial charge in [-0.15, -0.1) is 0 Å². The van der Waals surface area contributed by atoms with Crippen LogP contribution in [0, 0.1) is 17.6 Å². The molecule has 1 unspecified atom stereocenters. The van der Waals surface area contributed by atoms with Gasteiger partial charge in [-0.25, -0.2) is 8.78 Å². The summed E-state index contributed by atoms with van der Waals surface area (Å²) >= 11 is 3.13. The van der Waals surface area contributed by atoms with Gasteiger partial charge in [0.15, 0.2) is 0 Å². The lowest BCUT2D eigenvalue weighted by Gasteiger charge is -2.28. The van der Waals surface area contributed by atoms with Crippen molar-refractivity contribution in [3.8, 4) is 0 Å². The topological polar surface area (TPSA) is 21.3 Å². The Labute approximate surface area is 133 Å². The fourth-order valence-electron chi connectivity index (χ4n) is 2.82. The van der Waals surface area contributed by atoms with Crippen molar-refractivity contribution in [3.63, 3.8) is 0 Å². The molecule has 1 fully saturated rings. The number of nitrogens with one attached hydrogen (secondary N) is 1. The minimum Gasteiger partial charge on any atom is -0.381 e. The molecule has 1 saturated heterocycles. The van der Waals surface area contributed by atoms with Gasteiger partial charge < -0.3 is 10.1 Å². The first kappa shape index (κ1) is 16.8. The van der Waals surface area contributed by atoms with E-state index in [2.05, 4.69) is 21.2 Å². The van der Waals surface area contributed by atoms with E-state index < -0.39 is 11.6 Å². The summed E-state index contributed by atoms with van der Waals surface area (Å²) in [4.78, 5) is 0. The normalized spacial score (nSPS) is 17.9. The summed E-state index contributed by atoms with van der Waals surface area (Å²) in [6.45, 7) is 4.29. The van der Waals surface area contributed by atoms with Gasteiger partial charge in [0.25, 0.3) is 0 Å².